The summed E-state index contributed by atoms with van der Waals surface area (Å²) in [5.74, 6) is 0.119. The van der Waals surface area contributed by atoms with Crippen molar-refractivity contribution >= 4 is 34.5 Å². The van der Waals surface area contributed by atoms with E-state index >= 15 is 0 Å². The van der Waals surface area contributed by atoms with Gasteiger partial charge in [-0.25, -0.2) is 0 Å². The SMILES string of the molecule is O=C(c1ccc2[nH]ccc2c1)N1CCC(=Cc2ccc(Cl)cc2)CC1. The van der Waals surface area contributed by atoms with Crippen LogP contribution in [0, 0.1) is 0 Å². The average Bonchev–Trinajstić information content (AvgIpc) is 3.11. The molecule has 1 aromatic heterocycles. The molecule has 1 aliphatic rings. The summed E-state index contributed by atoms with van der Waals surface area (Å²) in [5, 5.41) is 1.83. The highest BCUT2D eigenvalue weighted by Gasteiger charge is 2.20. The van der Waals surface area contributed by atoms with Crippen LogP contribution in [-0.2, 0) is 0 Å². The molecule has 0 radical (unpaired) electrons. The van der Waals surface area contributed by atoms with Crippen LogP contribution in [0.2, 0.25) is 5.02 Å². The summed E-state index contributed by atoms with van der Waals surface area (Å²) in [5.41, 5.74) is 4.37. The van der Waals surface area contributed by atoms with Gasteiger partial charge in [-0.05, 0) is 54.8 Å². The molecule has 2 heterocycles. The van der Waals surface area contributed by atoms with Gasteiger partial charge in [0.2, 0.25) is 0 Å². The van der Waals surface area contributed by atoms with Crippen LogP contribution in [0.3, 0.4) is 0 Å². The predicted octanol–water partition coefficient (Wildman–Crippen LogP) is 5.14. The number of hydrogen-bond acceptors (Lipinski definition) is 1. The number of rotatable bonds is 2. The van der Waals surface area contributed by atoms with Gasteiger partial charge in [0.05, 0.1) is 0 Å². The lowest BCUT2D eigenvalue weighted by atomic mass is 10.00. The summed E-state index contributed by atoms with van der Waals surface area (Å²) in [6.07, 6.45) is 5.94. The van der Waals surface area contributed by atoms with Crippen LogP contribution in [0.15, 0.2) is 60.3 Å². The molecule has 4 heteroatoms. The third-order valence-electron chi connectivity index (χ3n) is 4.73. The van der Waals surface area contributed by atoms with Crippen molar-refractivity contribution in [1.82, 2.24) is 9.88 Å². The first-order valence-corrected chi connectivity index (χ1v) is 8.88. The van der Waals surface area contributed by atoms with Crippen molar-refractivity contribution in [3.63, 3.8) is 0 Å². The van der Waals surface area contributed by atoms with E-state index in [1.165, 1.54) is 5.57 Å². The number of carbonyl (C=O) groups excluding carboxylic acids is 1. The third-order valence-corrected chi connectivity index (χ3v) is 4.99. The molecule has 0 aliphatic carbocycles. The molecule has 0 atom stereocenters. The van der Waals surface area contributed by atoms with Crippen molar-refractivity contribution in [2.45, 2.75) is 12.8 Å². The predicted molar refractivity (Wildman–Crippen MR) is 103 cm³/mol. The number of benzene rings is 2. The van der Waals surface area contributed by atoms with Crippen molar-refractivity contribution in [3.8, 4) is 0 Å². The molecule has 1 N–H and O–H groups in total. The lowest BCUT2D eigenvalue weighted by Crippen LogP contribution is -2.36. The van der Waals surface area contributed by atoms with E-state index in [9.17, 15) is 4.79 Å². The van der Waals surface area contributed by atoms with Gasteiger partial charge in [-0.1, -0.05) is 35.4 Å². The number of hydrogen-bond donors (Lipinski definition) is 1. The number of likely N-dealkylation sites (tertiary alicyclic amines) is 1. The first kappa shape index (κ1) is 16.0. The molecule has 0 unspecified atom stereocenters. The van der Waals surface area contributed by atoms with E-state index in [1.54, 1.807) is 0 Å². The molecular weight excluding hydrogens is 332 g/mol. The summed E-state index contributed by atoms with van der Waals surface area (Å²) < 4.78 is 0. The fourth-order valence-electron chi connectivity index (χ4n) is 3.30. The smallest absolute Gasteiger partial charge is 0.253 e. The second-order valence-corrected chi connectivity index (χ2v) is 6.86. The Morgan fingerprint density at radius 2 is 1.80 bits per heavy atom. The van der Waals surface area contributed by atoms with Crippen molar-refractivity contribution in [2.24, 2.45) is 0 Å². The van der Waals surface area contributed by atoms with Gasteiger partial charge in [0.15, 0.2) is 0 Å². The Labute approximate surface area is 151 Å². The minimum atomic E-state index is 0.119. The first-order valence-electron chi connectivity index (χ1n) is 8.50. The van der Waals surface area contributed by atoms with Gasteiger partial charge in [0, 0.05) is 40.8 Å². The molecule has 1 fully saturated rings. The second-order valence-electron chi connectivity index (χ2n) is 6.43. The quantitative estimate of drug-likeness (QED) is 0.682. The number of H-pyrrole nitrogens is 1. The molecule has 126 valence electrons. The summed E-state index contributed by atoms with van der Waals surface area (Å²) in [6.45, 7) is 1.53. The Bertz CT molecular complexity index is 930. The number of carbonyl (C=O) groups is 1. The van der Waals surface area contributed by atoms with Crippen molar-refractivity contribution in [2.75, 3.05) is 13.1 Å². The molecule has 1 aliphatic heterocycles. The van der Waals surface area contributed by atoms with E-state index in [1.807, 2.05) is 59.6 Å². The molecule has 1 amide bonds. The number of fused-ring (bicyclic) bond motifs is 1. The number of nitrogens with zero attached hydrogens (tertiary/aromatic N) is 1. The molecule has 3 nitrogen and oxygen atoms in total. The fraction of sp³-hybridized carbons (Fsp3) is 0.190. The van der Waals surface area contributed by atoms with Gasteiger partial charge in [0.1, 0.15) is 0 Å². The maximum Gasteiger partial charge on any atom is 0.253 e. The van der Waals surface area contributed by atoms with E-state index in [0.29, 0.717) is 0 Å². The van der Waals surface area contributed by atoms with Gasteiger partial charge < -0.3 is 9.88 Å². The molecule has 2 aromatic carbocycles. The Morgan fingerprint density at radius 3 is 2.56 bits per heavy atom. The Kier molecular flexibility index (Phi) is 4.33. The molecule has 1 saturated heterocycles. The number of nitrogens with one attached hydrogen (secondary N) is 1. The largest absolute Gasteiger partial charge is 0.361 e. The molecule has 4 rings (SSSR count). The van der Waals surface area contributed by atoms with Crippen LogP contribution in [0.1, 0.15) is 28.8 Å². The van der Waals surface area contributed by atoms with E-state index < -0.39 is 0 Å². The lowest BCUT2D eigenvalue weighted by Gasteiger charge is -2.28. The van der Waals surface area contributed by atoms with Crippen LogP contribution in [-0.4, -0.2) is 28.9 Å². The van der Waals surface area contributed by atoms with Crippen molar-refractivity contribution < 1.29 is 4.79 Å². The highest BCUT2D eigenvalue weighted by atomic mass is 35.5. The molecule has 0 bridgehead atoms. The van der Waals surface area contributed by atoms with E-state index in [2.05, 4.69) is 11.1 Å². The second kappa shape index (κ2) is 6.77. The summed E-state index contributed by atoms with van der Waals surface area (Å²) in [4.78, 5) is 17.9. The van der Waals surface area contributed by atoms with Gasteiger partial charge in [0.25, 0.3) is 5.91 Å². The number of aromatic amines is 1. The topological polar surface area (TPSA) is 36.1 Å². The molecule has 25 heavy (non-hydrogen) atoms. The third kappa shape index (κ3) is 3.47. The van der Waals surface area contributed by atoms with Crippen LogP contribution in [0.5, 0.6) is 0 Å². The highest BCUT2D eigenvalue weighted by molar-refractivity contribution is 6.30. The number of aromatic nitrogens is 1. The minimum Gasteiger partial charge on any atom is -0.361 e. The zero-order valence-electron chi connectivity index (χ0n) is 13.8. The summed E-state index contributed by atoms with van der Waals surface area (Å²) in [6, 6.07) is 15.7. The monoisotopic (exact) mass is 350 g/mol. The van der Waals surface area contributed by atoms with Gasteiger partial charge >= 0.3 is 0 Å². The van der Waals surface area contributed by atoms with Crippen LogP contribution in [0.25, 0.3) is 17.0 Å². The number of halogens is 1. The molecule has 0 spiro atoms. The van der Waals surface area contributed by atoms with Crippen LogP contribution < -0.4 is 0 Å². The Hall–Kier alpha value is -2.52. The summed E-state index contributed by atoms with van der Waals surface area (Å²) in [7, 11) is 0. The lowest BCUT2D eigenvalue weighted by molar-refractivity contribution is 0.0744. The van der Waals surface area contributed by atoms with Crippen LogP contribution >= 0.6 is 11.6 Å². The average molecular weight is 351 g/mol. The van der Waals surface area contributed by atoms with Crippen LogP contribution in [0.4, 0.5) is 0 Å². The molecule has 3 aromatic rings. The van der Waals surface area contributed by atoms with Crippen molar-refractivity contribution in [1.29, 1.82) is 0 Å². The first-order chi connectivity index (χ1) is 12.2. The maximum absolute atomic E-state index is 12.7. The Balaban J connectivity index is 1.44. The van der Waals surface area contributed by atoms with Gasteiger partial charge in [-0.15, -0.1) is 0 Å². The fourth-order valence-corrected chi connectivity index (χ4v) is 3.43. The van der Waals surface area contributed by atoms with E-state index in [0.717, 1.165) is 53.0 Å². The summed E-state index contributed by atoms with van der Waals surface area (Å²) >= 11 is 5.93. The number of piperidine rings is 1. The Morgan fingerprint density at radius 1 is 1.04 bits per heavy atom. The molecular formula is C21H19ClN2O. The number of amides is 1. The molecule has 0 saturated carbocycles. The van der Waals surface area contributed by atoms with E-state index in [4.69, 9.17) is 11.6 Å². The highest BCUT2D eigenvalue weighted by Crippen LogP contribution is 2.23. The maximum atomic E-state index is 12.7. The normalized spacial score (nSPS) is 14.8. The standard InChI is InChI=1S/C21H19ClN2O/c22-19-4-1-15(2-5-19)13-16-8-11-24(12-9-16)21(25)18-3-6-20-17(14-18)7-10-23-20/h1-7,10,13-14,23H,8-9,11-12H2. The van der Waals surface area contributed by atoms with Gasteiger partial charge in [-0.3, -0.25) is 4.79 Å². The van der Waals surface area contributed by atoms with Crippen molar-refractivity contribution in [3.05, 3.63) is 76.5 Å². The van der Waals surface area contributed by atoms with E-state index in [-0.39, 0.29) is 5.91 Å². The van der Waals surface area contributed by atoms with Gasteiger partial charge in [-0.2, -0.15) is 0 Å². The zero-order chi connectivity index (χ0) is 17.2. The zero-order valence-corrected chi connectivity index (χ0v) is 14.6. The minimum absolute atomic E-state index is 0.119.